The third kappa shape index (κ3) is 1.12. The molecule has 0 amide bonds. The Kier molecular flexibility index (Phi) is 1.41. The minimum atomic E-state index is 0.880. The van der Waals surface area contributed by atoms with Gasteiger partial charge in [-0.05, 0) is 0 Å². The van der Waals surface area contributed by atoms with Crippen molar-refractivity contribution in [2.75, 3.05) is 0 Å². The molecule has 0 atom stereocenters. The summed E-state index contributed by atoms with van der Waals surface area (Å²) in [4.78, 5) is 0. The van der Waals surface area contributed by atoms with E-state index >= 15 is 0 Å². The lowest BCUT2D eigenvalue weighted by Crippen LogP contribution is -1.84. The number of rotatable bonds is 1. The topological polar surface area (TPSA) is 38.5 Å². The first-order valence-corrected chi connectivity index (χ1v) is 3.39. The summed E-state index contributed by atoms with van der Waals surface area (Å²) in [7, 11) is 0. The lowest BCUT2D eigenvalue weighted by atomic mass is 10.2. The van der Waals surface area contributed by atoms with Gasteiger partial charge in [0.15, 0.2) is 6.20 Å². The Hall–Kier alpha value is -1.64. The van der Waals surface area contributed by atoms with Crippen molar-refractivity contribution in [3.05, 3.63) is 42.1 Å². The highest BCUT2D eigenvalue weighted by atomic mass is 15.4. The van der Waals surface area contributed by atoms with Gasteiger partial charge in [-0.1, -0.05) is 30.3 Å². The van der Waals surface area contributed by atoms with Crippen molar-refractivity contribution in [1.29, 1.82) is 0 Å². The lowest BCUT2D eigenvalue weighted by molar-refractivity contribution is 0.886. The molecule has 1 aliphatic heterocycles. The summed E-state index contributed by atoms with van der Waals surface area (Å²) in [5.41, 5.74) is 4.63. The Morgan fingerprint density at radius 1 is 1.18 bits per heavy atom. The summed E-state index contributed by atoms with van der Waals surface area (Å²) in [6.07, 6.45) is 1.77. The van der Waals surface area contributed by atoms with E-state index in [0.717, 1.165) is 11.3 Å². The maximum atomic E-state index is 3.88. The molecular weight excluding hydrogens is 138 g/mol. The van der Waals surface area contributed by atoms with Crippen molar-refractivity contribution < 1.29 is 0 Å². The number of benzene rings is 1. The van der Waals surface area contributed by atoms with Crippen molar-refractivity contribution in [1.82, 2.24) is 10.5 Å². The van der Waals surface area contributed by atoms with Crippen LogP contribution in [0, 0.1) is 0 Å². The van der Waals surface area contributed by atoms with Crippen molar-refractivity contribution in [3.63, 3.8) is 0 Å². The first-order chi connectivity index (χ1) is 5.47. The summed E-state index contributed by atoms with van der Waals surface area (Å²) >= 11 is 0. The van der Waals surface area contributed by atoms with Crippen LogP contribution in [0.15, 0.2) is 41.8 Å². The van der Waals surface area contributed by atoms with E-state index in [1.807, 2.05) is 30.3 Å². The van der Waals surface area contributed by atoms with E-state index in [9.17, 15) is 0 Å². The zero-order valence-corrected chi connectivity index (χ0v) is 5.86. The van der Waals surface area contributed by atoms with E-state index in [0.29, 0.717) is 0 Å². The quantitative estimate of drug-likeness (QED) is 0.635. The van der Waals surface area contributed by atoms with Gasteiger partial charge in [-0.25, -0.2) is 0 Å². The van der Waals surface area contributed by atoms with E-state index < -0.39 is 0 Å². The second-order valence-corrected chi connectivity index (χ2v) is 2.22. The van der Waals surface area contributed by atoms with Crippen molar-refractivity contribution >= 4 is 5.70 Å². The standard InChI is InChI=1S/C8H7N3/c1-2-4-7(5-3-1)8-6-9-11-10-8/h1-6H,(H,9,11)/q+1. The molecule has 0 bridgehead atoms. The normalized spacial score (nSPS) is 14.4. The molecule has 1 aliphatic rings. The summed E-state index contributed by atoms with van der Waals surface area (Å²) in [5, 5.41) is 7.50. The molecule has 11 heavy (non-hydrogen) atoms. The average Bonchev–Trinajstić information content (AvgIpc) is 2.58. The van der Waals surface area contributed by atoms with Crippen molar-refractivity contribution in [3.8, 4) is 0 Å². The van der Waals surface area contributed by atoms with Crippen molar-refractivity contribution in [2.45, 2.75) is 0 Å². The summed E-state index contributed by atoms with van der Waals surface area (Å²) < 4.78 is 0. The molecule has 0 saturated carbocycles. The fourth-order valence-corrected chi connectivity index (χ4v) is 0.952. The van der Waals surface area contributed by atoms with Crippen LogP contribution in [0.2, 0.25) is 0 Å². The highest BCUT2D eigenvalue weighted by Gasteiger charge is 2.11. The highest BCUT2D eigenvalue weighted by Crippen LogP contribution is 2.10. The third-order valence-corrected chi connectivity index (χ3v) is 1.49. The predicted molar refractivity (Wildman–Crippen MR) is 42.1 cm³/mol. The minimum Gasteiger partial charge on any atom is -0.146 e. The monoisotopic (exact) mass is 145 g/mol. The van der Waals surface area contributed by atoms with Crippen LogP contribution in [0.3, 0.4) is 0 Å². The largest absolute Gasteiger partial charge is 0.251 e. The molecule has 1 heterocycles. The maximum absolute atomic E-state index is 3.88. The molecular formula is C8H7N3+. The second-order valence-electron chi connectivity index (χ2n) is 2.22. The molecule has 53 valence electrons. The molecule has 0 fully saturated rings. The molecule has 2 rings (SSSR count). The van der Waals surface area contributed by atoms with Crippen LogP contribution in [-0.2, 0) is 0 Å². The molecule has 1 radical (unpaired) electrons. The number of nitrogens with one attached hydrogen (secondary N) is 1. The molecule has 1 N–H and O–H groups in total. The average molecular weight is 145 g/mol. The van der Waals surface area contributed by atoms with Gasteiger partial charge >= 0.3 is 0 Å². The lowest BCUT2D eigenvalue weighted by Gasteiger charge is -1.87. The fourth-order valence-electron chi connectivity index (χ4n) is 0.952. The SMILES string of the molecule is C1=C(c2ccccc2)[N+]=NN1. The van der Waals surface area contributed by atoms with Gasteiger partial charge in [-0.15, -0.1) is 5.43 Å². The van der Waals surface area contributed by atoms with Crippen LogP contribution in [0.25, 0.3) is 5.70 Å². The van der Waals surface area contributed by atoms with Gasteiger partial charge in [-0.3, -0.25) is 0 Å². The molecule has 0 saturated heterocycles. The smallest absolute Gasteiger partial charge is 0.146 e. The first-order valence-electron chi connectivity index (χ1n) is 3.39. The van der Waals surface area contributed by atoms with Crippen LogP contribution >= 0.6 is 0 Å². The number of hydrogen-bond donors (Lipinski definition) is 1. The van der Waals surface area contributed by atoms with Gasteiger partial charge in [0.2, 0.25) is 0 Å². The Bertz CT molecular complexity index is 300. The molecule has 0 spiro atoms. The van der Waals surface area contributed by atoms with Crippen LogP contribution in [0.4, 0.5) is 0 Å². The number of hydrogen-bond acceptors (Lipinski definition) is 3. The van der Waals surface area contributed by atoms with Gasteiger partial charge in [-0.2, -0.15) is 0 Å². The van der Waals surface area contributed by atoms with E-state index in [-0.39, 0.29) is 0 Å². The zero-order chi connectivity index (χ0) is 7.52. The minimum absolute atomic E-state index is 0.880. The van der Waals surface area contributed by atoms with E-state index in [2.05, 4.69) is 15.8 Å². The molecule has 3 heteroatoms. The molecule has 1 aromatic rings. The van der Waals surface area contributed by atoms with Gasteiger partial charge in [0.25, 0.3) is 5.70 Å². The molecule has 3 nitrogen and oxygen atoms in total. The maximum Gasteiger partial charge on any atom is 0.251 e. The zero-order valence-electron chi connectivity index (χ0n) is 5.86. The Labute approximate surface area is 64.4 Å². The van der Waals surface area contributed by atoms with E-state index in [4.69, 9.17) is 0 Å². The molecule has 1 aromatic carbocycles. The van der Waals surface area contributed by atoms with Gasteiger partial charge in [0.05, 0.1) is 5.11 Å². The van der Waals surface area contributed by atoms with Crippen LogP contribution in [-0.4, -0.2) is 0 Å². The molecule has 0 aromatic heterocycles. The van der Waals surface area contributed by atoms with Gasteiger partial charge in [0, 0.05) is 5.56 Å². The van der Waals surface area contributed by atoms with Gasteiger partial charge < -0.3 is 0 Å². The van der Waals surface area contributed by atoms with Crippen molar-refractivity contribution in [2.24, 2.45) is 5.22 Å². The van der Waals surface area contributed by atoms with Crippen LogP contribution < -0.4 is 10.5 Å². The Morgan fingerprint density at radius 3 is 2.64 bits per heavy atom. The van der Waals surface area contributed by atoms with Crippen LogP contribution in [0.1, 0.15) is 5.56 Å². The van der Waals surface area contributed by atoms with E-state index in [1.54, 1.807) is 6.20 Å². The Morgan fingerprint density at radius 2 is 2.00 bits per heavy atom. The predicted octanol–water partition coefficient (Wildman–Crippen LogP) is 1.29. The molecule has 0 unspecified atom stereocenters. The first kappa shape index (κ1) is 6.09. The Balaban J connectivity index is 2.37. The van der Waals surface area contributed by atoms with Gasteiger partial charge in [0.1, 0.15) is 5.22 Å². The van der Waals surface area contributed by atoms with Crippen LogP contribution in [0.5, 0.6) is 0 Å². The van der Waals surface area contributed by atoms with E-state index in [1.165, 1.54) is 0 Å². The summed E-state index contributed by atoms with van der Waals surface area (Å²) in [5.74, 6) is 0. The third-order valence-electron chi connectivity index (χ3n) is 1.49. The number of nitrogens with zero attached hydrogens (tertiary/aromatic N) is 2. The fraction of sp³-hybridized carbons (Fsp3) is 0. The second kappa shape index (κ2) is 2.54. The summed E-state index contributed by atoms with van der Waals surface area (Å²) in [6, 6.07) is 9.92. The molecule has 0 aliphatic carbocycles. The highest BCUT2D eigenvalue weighted by molar-refractivity contribution is 5.62. The summed E-state index contributed by atoms with van der Waals surface area (Å²) in [6.45, 7) is 0.